The van der Waals surface area contributed by atoms with Crippen molar-refractivity contribution in [3.63, 3.8) is 0 Å². The zero-order valence-corrected chi connectivity index (χ0v) is 11.4. The number of hydrogen-bond donors (Lipinski definition) is 2. The fourth-order valence-corrected chi connectivity index (χ4v) is 2.51. The van der Waals surface area contributed by atoms with Crippen LogP contribution in [-0.2, 0) is 0 Å². The predicted octanol–water partition coefficient (Wildman–Crippen LogP) is 3.11. The van der Waals surface area contributed by atoms with Crippen LogP contribution in [0.3, 0.4) is 0 Å². The maximum absolute atomic E-state index is 11.9. The summed E-state index contributed by atoms with van der Waals surface area (Å²) in [6.45, 7) is 0. The lowest BCUT2D eigenvalue weighted by molar-refractivity contribution is 0.0963. The minimum absolute atomic E-state index is 0.174. The molecule has 0 aliphatic heterocycles. The van der Waals surface area contributed by atoms with E-state index in [2.05, 4.69) is 10.6 Å². The van der Waals surface area contributed by atoms with Crippen LogP contribution in [0.25, 0.3) is 0 Å². The van der Waals surface area contributed by atoms with E-state index < -0.39 is 11.9 Å². The fraction of sp³-hybridized carbons (Fsp3) is 0.429. The molecule has 1 aliphatic carbocycles. The van der Waals surface area contributed by atoms with Crippen molar-refractivity contribution < 1.29 is 9.59 Å². The van der Waals surface area contributed by atoms with Gasteiger partial charge in [-0.25, -0.2) is 4.79 Å². The zero-order chi connectivity index (χ0) is 13.7. The van der Waals surface area contributed by atoms with Gasteiger partial charge in [-0.3, -0.25) is 10.1 Å². The van der Waals surface area contributed by atoms with Crippen LogP contribution in [0.4, 0.5) is 4.79 Å². The molecular weight excluding hydrogens is 264 g/mol. The molecule has 0 atom stereocenters. The van der Waals surface area contributed by atoms with Gasteiger partial charge in [0.05, 0.1) is 10.6 Å². The number of halogens is 1. The lowest BCUT2D eigenvalue weighted by atomic mass is 9.96. The maximum atomic E-state index is 11.9. The summed E-state index contributed by atoms with van der Waals surface area (Å²) in [4.78, 5) is 23.6. The molecule has 2 rings (SSSR count). The van der Waals surface area contributed by atoms with Gasteiger partial charge in [-0.15, -0.1) is 0 Å². The van der Waals surface area contributed by atoms with E-state index in [-0.39, 0.29) is 6.04 Å². The molecule has 2 N–H and O–H groups in total. The van der Waals surface area contributed by atoms with Crippen LogP contribution < -0.4 is 10.6 Å². The van der Waals surface area contributed by atoms with E-state index in [0.29, 0.717) is 10.6 Å². The summed E-state index contributed by atoms with van der Waals surface area (Å²) in [5.74, 6) is -0.473. The van der Waals surface area contributed by atoms with Crippen LogP contribution in [0.2, 0.25) is 5.02 Å². The highest BCUT2D eigenvalue weighted by molar-refractivity contribution is 6.34. The second-order valence-corrected chi connectivity index (χ2v) is 5.15. The van der Waals surface area contributed by atoms with E-state index in [9.17, 15) is 9.59 Å². The Morgan fingerprint density at radius 3 is 2.47 bits per heavy atom. The first-order chi connectivity index (χ1) is 9.16. The normalized spacial score (nSPS) is 15.8. The number of hydrogen-bond acceptors (Lipinski definition) is 2. The summed E-state index contributed by atoms with van der Waals surface area (Å²) in [6.07, 6.45) is 5.44. The first-order valence-corrected chi connectivity index (χ1v) is 6.91. The van der Waals surface area contributed by atoms with Gasteiger partial charge in [-0.1, -0.05) is 43.0 Å². The zero-order valence-electron chi connectivity index (χ0n) is 10.6. The van der Waals surface area contributed by atoms with Gasteiger partial charge in [0.2, 0.25) is 0 Å². The number of rotatable bonds is 2. The van der Waals surface area contributed by atoms with Crippen molar-refractivity contribution in [3.05, 3.63) is 34.9 Å². The SMILES string of the molecule is O=C(NC(=O)c1ccccc1Cl)NC1CCCCC1. The first-order valence-electron chi connectivity index (χ1n) is 6.53. The summed E-state index contributed by atoms with van der Waals surface area (Å²) < 4.78 is 0. The van der Waals surface area contributed by atoms with Gasteiger partial charge in [0.25, 0.3) is 5.91 Å². The Morgan fingerprint density at radius 1 is 1.11 bits per heavy atom. The molecule has 4 nitrogen and oxygen atoms in total. The molecule has 102 valence electrons. The predicted molar refractivity (Wildman–Crippen MR) is 74.3 cm³/mol. The largest absolute Gasteiger partial charge is 0.335 e. The molecule has 0 unspecified atom stereocenters. The smallest absolute Gasteiger partial charge is 0.321 e. The van der Waals surface area contributed by atoms with Crippen LogP contribution in [-0.4, -0.2) is 18.0 Å². The molecule has 0 heterocycles. The highest BCUT2D eigenvalue weighted by Gasteiger charge is 2.18. The average molecular weight is 281 g/mol. The highest BCUT2D eigenvalue weighted by Crippen LogP contribution is 2.17. The minimum Gasteiger partial charge on any atom is -0.335 e. The van der Waals surface area contributed by atoms with E-state index in [1.165, 1.54) is 6.42 Å². The molecule has 1 aromatic carbocycles. The van der Waals surface area contributed by atoms with Gasteiger partial charge in [-0.05, 0) is 25.0 Å². The molecule has 19 heavy (non-hydrogen) atoms. The van der Waals surface area contributed by atoms with E-state index in [0.717, 1.165) is 25.7 Å². The quantitative estimate of drug-likeness (QED) is 0.874. The fourth-order valence-electron chi connectivity index (χ4n) is 2.28. The lowest BCUT2D eigenvalue weighted by Gasteiger charge is -2.22. The third-order valence-electron chi connectivity index (χ3n) is 3.29. The monoisotopic (exact) mass is 280 g/mol. The van der Waals surface area contributed by atoms with Gasteiger partial charge in [0.15, 0.2) is 0 Å². The molecule has 1 fully saturated rings. The van der Waals surface area contributed by atoms with Crippen molar-refractivity contribution >= 4 is 23.5 Å². The Kier molecular flexibility index (Phi) is 4.80. The Labute approximate surface area is 117 Å². The summed E-state index contributed by atoms with van der Waals surface area (Å²) in [6, 6.07) is 6.38. The van der Waals surface area contributed by atoms with Gasteiger partial charge in [0, 0.05) is 6.04 Å². The Morgan fingerprint density at radius 2 is 1.79 bits per heavy atom. The van der Waals surface area contributed by atoms with Crippen molar-refractivity contribution in [1.82, 2.24) is 10.6 Å². The topological polar surface area (TPSA) is 58.2 Å². The Hall–Kier alpha value is -1.55. The first kappa shape index (κ1) is 13.9. The molecule has 1 aromatic rings. The van der Waals surface area contributed by atoms with Crippen molar-refractivity contribution in [3.8, 4) is 0 Å². The van der Waals surface area contributed by atoms with E-state index in [1.54, 1.807) is 24.3 Å². The van der Waals surface area contributed by atoms with E-state index in [1.807, 2.05) is 0 Å². The molecule has 5 heteroatoms. The van der Waals surface area contributed by atoms with Gasteiger partial charge in [-0.2, -0.15) is 0 Å². The molecule has 3 amide bonds. The van der Waals surface area contributed by atoms with Crippen LogP contribution in [0.1, 0.15) is 42.5 Å². The van der Waals surface area contributed by atoms with Crippen LogP contribution in [0, 0.1) is 0 Å². The number of imide groups is 1. The van der Waals surface area contributed by atoms with Crippen LogP contribution in [0.5, 0.6) is 0 Å². The van der Waals surface area contributed by atoms with Gasteiger partial charge < -0.3 is 5.32 Å². The molecule has 0 saturated heterocycles. The molecule has 1 saturated carbocycles. The molecule has 0 spiro atoms. The van der Waals surface area contributed by atoms with Crippen LogP contribution in [0.15, 0.2) is 24.3 Å². The molecule has 0 radical (unpaired) electrons. The number of carbonyl (C=O) groups is 2. The number of carbonyl (C=O) groups excluding carboxylic acids is 2. The second kappa shape index (κ2) is 6.57. The highest BCUT2D eigenvalue weighted by atomic mass is 35.5. The van der Waals surface area contributed by atoms with E-state index >= 15 is 0 Å². The van der Waals surface area contributed by atoms with Gasteiger partial charge in [0.1, 0.15) is 0 Å². The van der Waals surface area contributed by atoms with Crippen molar-refractivity contribution in [1.29, 1.82) is 0 Å². The Balaban J connectivity index is 1.88. The van der Waals surface area contributed by atoms with Crippen molar-refractivity contribution in [2.24, 2.45) is 0 Å². The van der Waals surface area contributed by atoms with Crippen molar-refractivity contribution in [2.75, 3.05) is 0 Å². The summed E-state index contributed by atoms with van der Waals surface area (Å²) >= 11 is 5.90. The average Bonchev–Trinajstić information content (AvgIpc) is 2.40. The Bertz CT molecular complexity index is 470. The van der Waals surface area contributed by atoms with Crippen LogP contribution >= 0.6 is 11.6 Å². The molecule has 0 bridgehead atoms. The molecule has 1 aliphatic rings. The summed E-state index contributed by atoms with van der Waals surface area (Å²) in [5, 5.41) is 5.47. The number of urea groups is 1. The molecular formula is C14H17ClN2O2. The maximum Gasteiger partial charge on any atom is 0.321 e. The number of benzene rings is 1. The van der Waals surface area contributed by atoms with E-state index in [4.69, 9.17) is 11.6 Å². The third kappa shape index (κ3) is 3.96. The summed E-state index contributed by atoms with van der Waals surface area (Å²) in [5.41, 5.74) is 0.308. The number of nitrogens with one attached hydrogen (secondary N) is 2. The minimum atomic E-state index is -0.473. The van der Waals surface area contributed by atoms with Gasteiger partial charge >= 0.3 is 6.03 Å². The second-order valence-electron chi connectivity index (χ2n) is 4.74. The lowest BCUT2D eigenvalue weighted by Crippen LogP contribution is -2.45. The third-order valence-corrected chi connectivity index (χ3v) is 3.62. The number of amides is 3. The van der Waals surface area contributed by atoms with Crippen molar-refractivity contribution in [2.45, 2.75) is 38.1 Å². The summed E-state index contributed by atoms with van der Waals surface area (Å²) in [7, 11) is 0. The molecule has 0 aromatic heterocycles. The standard InChI is InChI=1S/C14H17ClN2O2/c15-12-9-5-4-8-11(12)13(18)17-14(19)16-10-6-2-1-3-7-10/h4-5,8-10H,1-3,6-7H2,(H2,16,17,18,19).